The molecule has 0 rings (SSSR count). The third-order valence-corrected chi connectivity index (χ3v) is 4.47. The van der Waals surface area contributed by atoms with E-state index in [4.69, 9.17) is 0 Å². The first kappa shape index (κ1) is 20.0. The summed E-state index contributed by atoms with van der Waals surface area (Å²) >= 11 is 0. The van der Waals surface area contributed by atoms with Gasteiger partial charge in [0.2, 0.25) is 0 Å². The Kier molecular flexibility index (Phi) is 12.7. The van der Waals surface area contributed by atoms with Crippen molar-refractivity contribution in [3.05, 3.63) is 0 Å². The molecule has 0 spiro atoms. The van der Waals surface area contributed by atoms with Crippen molar-refractivity contribution in [1.29, 1.82) is 0 Å². The van der Waals surface area contributed by atoms with Crippen molar-refractivity contribution in [3.63, 3.8) is 0 Å². The Morgan fingerprint density at radius 2 is 1.05 bits per heavy atom. The van der Waals surface area contributed by atoms with Gasteiger partial charge in [-0.2, -0.15) is 0 Å². The van der Waals surface area contributed by atoms with Crippen LogP contribution in [-0.4, -0.2) is 0 Å². The minimum absolute atomic E-state index is 0.529. The molecule has 122 valence electrons. The first-order chi connectivity index (χ1) is 9.49. The molecule has 0 aromatic rings. The lowest BCUT2D eigenvalue weighted by Gasteiger charge is -2.19. The van der Waals surface area contributed by atoms with Crippen LogP contribution in [0.3, 0.4) is 0 Å². The molecule has 0 unspecified atom stereocenters. The largest absolute Gasteiger partial charge is 0.0654 e. The lowest BCUT2D eigenvalue weighted by Crippen LogP contribution is -2.05. The number of hydrogen-bond donors (Lipinski definition) is 0. The van der Waals surface area contributed by atoms with E-state index in [0.717, 1.165) is 5.92 Å². The maximum atomic E-state index is 2.37. The minimum Gasteiger partial charge on any atom is -0.0654 e. The van der Waals surface area contributed by atoms with Crippen molar-refractivity contribution in [2.75, 3.05) is 0 Å². The van der Waals surface area contributed by atoms with Gasteiger partial charge in [-0.05, 0) is 17.8 Å². The Bertz CT molecular complexity index is 177. The molecule has 0 aliphatic heterocycles. The van der Waals surface area contributed by atoms with Gasteiger partial charge < -0.3 is 0 Å². The number of unbranched alkanes of at least 4 members (excludes halogenated alkanes) is 6. The third kappa shape index (κ3) is 14.4. The molecule has 0 bridgehead atoms. The van der Waals surface area contributed by atoms with Crippen LogP contribution in [0, 0.1) is 11.3 Å². The Labute approximate surface area is 130 Å². The molecule has 0 heteroatoms. The van der Waals surface area contributed by atoms with Crippen molar-refractivity contribution in [3.8, 4) is 0 Å². The summed E-state index contributed by atoms with van der Waals surface area (Å²) in [6, 6.07) is 0. The Balaban J connectivity index is 3.72. The van der Waals surface area contributed by atoms with E-state index in [1.165, 1.54) is 83.5 Å². The summed E-state index contributed by atoms with van der Waals surface area (Å²) in [4.78, 5) is 0. The fourth-order valence-corrected chi connectivity index (χ4v) is 3.06. The Hall–Kier alpha value is 0. The lowest BCUT2D eigenvalue weighted by atomic mass is 9.87. The highest BCUT2D eigenvalue weighted by Gasteiger charge is 2.11. The summed E-state index contributed by atoms with van der Waals surface area (Å²) in [5.41, 5.74) is 0.529. The molecule has 0 nitrogen and oxygen atoms in total. The predicted molar refractivity (Wildman–Crippen MR) is 94.3 cm³/mol. The van der Waals surface area contributed by atoms with Crippen LogP contribution in [0.4, 0.5) is 0 Å². The van der Waals surface area contributed by atoms with Crippen LogP contribution >= 0.6 is 0 Å². The SMILES string of the molecule is CCCCCC(CCCCC)CCCCCC(C)(C)C. The lowest BCUT2D eigenvalue weighted by molar-refractivity contribution is 0.339. The van der Waals surface area contributed by atoms with Crippen LogP contribution in [0.1, 0.15) is 118 Å². The van der Waals surface area contributed by atoms with E-state index in [9.17, 15) is 0 Å². The van der Waals surface area contributed by atoms with E-state index in [0.29, 0.717) is 5.41 Å². The van der Waals surface area contributed by atoms with E-state index in [2.05, 4.69) is 34.6 Å². The highest BCUT2D eigenvalue weighted by atomic mass is 14.2. The summed E-state index contributed by atoms with van der Waals surface area (Å²) in [7, 11) is 0. The maximum Gasteiger partial charge on any atom is -0.0383 e. The summed E-state index contributed by atoms with van der Waals surface area (Å²) in [6.45, 7) is 11.7. The summed E-state index contributed by atoms with van der Waals surface area (Å²) in [5.74, 6) is 1.03. The molecule has 0 amide bonds. The second kappa shape index (κ2) is 12.7. The average molecular weight is 283 g/mol. The van der Waals surface area contributed by atoms with E-state index in [1.807, 2.05) is 0 Å². The van der Waals surface area contributed by atoms with Crippen molar-refractivity contribution in [2.45, 2.75) is 118 Å². The molecule has 0 aromatic heterocycles. The van der Waals surface area contributed by atoms with Crippen molar-refractivity contribution in [1.82, 2.24) is 0 Å². The fourth-order valence-electron chi connectivity index (χ4n) is 3.06. The quantitative estimate of drug-likeness (QED) is 0.303. The summed E-state index contributed by atoms with van der Waals surface area (Å²) < 4.78 is 0. The van der Waals surface area contributed by atoms with Crippen molar-refractivity contribution < 1.29 is 0 Å². The monoisotopic (exact) mass is 282 g/mol. The highest BCUT2D eigenvalue weighted by molar-refractivity contribution is 4.64. The van der Waals surface area contributed by atoms with Gasteiger partial charge in [0.15, 0.2) is 0 Å². The third-order valence-electron chi connectivity index (χ3n) is 4.47. The van der Waals surface area contributed by atoms with Gasteiger partial charge in [0.25, 0.3) is 0 Å². The van der Waals surface area contributed by atoms with Crippen LogP contribution in [0.5, 0.6) is 0 Å². The van der Waals surface area contributed by atoms with Gasteiger partial charge in [-0.3, -0.25) is 0 Å². The van der Waals surface area contributed by atoms with Gasteiger partial charge in [-0.1, -0.05) is 112 Å². The fraction of sp³-hybridized carbons (Fsp3) is 1.00. The maximum absolute atomic E-state index is 2.37. The van der Waals surface area contributed by atoms with Gasteiger partial charge in [0, 0.05) is 0 Å². The van der Waals surface area contributed by atoms with Gasteiger partial charge in [-0.15, -0.1) is 0 Å². The van der Waals surface area contributed by atoms with Gasteiger partial charge >= 0.3 is 0 Å². The molecule has 0 saturated heterocycles. The second-order valence-corrected chi connectivity index (χ2v) is 8.02. The molecular weight excluding hydrogens is 240 g/mol. The first-order valence-electron chi connectivity index (χ1n) is 9.49. The van der Waals surface area contributed by atoms with Crippen LogP contribution in [0.15, 0.2) is 0 Å². The van der Waals surface area contributed by atoms with E-state index < -0.39 is 0 Å². The molecule has 0 N–H and O–H groups in total. The minimum atomic E-state index is 0.529. The molecule has 20 heavy (non-hydrogen) atoms. The molecular formula is C20H42. The molecule has 0 radical (unpaired) electrons. The molecule has 0 saturated carbocycles. The predicted octanol–water partition coefficient (Wildman–Crippen LogP) is 7.76. The van der Waals surface area contributed by atoms with Gasteiger partial charge in [-0.25, -0.2) is 0 Å². The summed E-state index contributed by atoms with van der Waals surface area (Å²) in [6.07, 6.45) is 18.8. The normalized spacial score (nSPS) is 12.3. The Morgan fingerprint density at radius 1 is 0.600 bits per heavy atom. The van der Waals surface area contributed by atoms with Gasteiger partial charge in [0.1, 0.15) is 0 Å². The smallest absolute Gasteiger partial charge is 0.0383 e. The molecule has 0 aliphatic rings. The summed E-state index contributed by atoms with van der Waals surface area (Å²) in [5, 5.41) is 0. The highest BCUT2D eigenvalue weighted by Crippen LogP contribution is 2.26. The zero-order chi connectivity index (χ0) is 15.3. The second-order valence-electron chi connectivity index (χ2n) is 8.02. The number of hydrogen-bond acceptors (Lipinski definition) is 0. The molecule has 0 aliphatic carbocycles. The van der Waals surface area contributed by atoms with Crippen LogP contribution < -0.4 is 0 Å². The van der Waals surface area contributed by atoms with Crippen molar-refractivity contribution >= 4 is 0 Å². The van der Waals surface area contributed by atoms with E-state index in [1.54, 1.807) is 0 Å². The number of rotatable bonds is 13. The average Bonchev–Trinajstić information content (AvgIpc) is 2.37. The van der Waals surface area contributed by atoms with E-state index in [-0.39, 0.29) is 0 Å². The zero-order valence-corrected chi connectivity index (χ0v) is 15.3. The van der Waals surface area contributed by atoms with Crippen molar-refractivity contribution in [2.24, 2.45) is 11.3 Å². The molecule has 0 atom stereocenters. The topological polar surface area (TPSA) is 0 Å². The molecule has 0 heterocycles. The van der Waals surface area contributed by atoms with Crippen LogP contribution in [0.25, 0.3) is 0 Å². The molecule has 0 aromatic carbocycles. The van der Waals surface area contributed by atoms with E-state index >= 15 is 0 Å². The van der Waals surface area contributed by atoms with Gasteiger partial charge in [0.05, 0.1) is 0 Å². The first-order valence-corrected chi connectivity index (χ1v) is 9.49. The Morgan fingerprint density at radius 3 is 1.45 bits per heavy atom. The zero-order valence-electron chi connectivity index (χ0n) is 15.3. The van der Waals surface area contributed by atoms with Crippen LogP contribution in [-0.2, 0) is 0 Å². The van der Waals surface area contributed by atoms with Crippen LogP contribution in [0.2, 0.25) is 0 Å². The standard InChI is InChI=1S/C20H42/c1-6-8-11-15-19(16-12-9-7-2)17-13-10-14-18-20(3,4)5/h19H,6-18H2,1-5H3. The molecule has 0 fully saturated rings.